The van der Waals surface area contributed by atoms with E-state index in [-0.39, 0.29) is 41.5 Å². The second-order valence-electron chi connectivity index (χ2n) is 6.39. The Labute approximate surface area is 173 Å². The van der Waals surface area contributed by atoms with Crippen molar-refractivity contribution in [2.45, 2.75) is 13.0 Å². The van der Waals surface area contributed by atoms with Gasteiger partial charge in [0, 0.05) is 12.1 Å². The van der Waals surface area contributed by atoms with Crippen LogP contribution in [0.5, 0.6) is 5.75 Å². The number of fused-ring (bicyclic) bond motifs is 1. The molecule has 158 valence electrons. The van der Waals surface area contributed by atoms with E-state index in [4.69, 9.17) is 13.7 Å². The summed E-state index contributed by atoms with van der Waals surface area (Å²) in [5, 5.41) is 17.4. The second-order valence-corrected chi connectivity index (χ2v) is 6.39. The van der Waals surface area contributed by atoms with E-state index in [1.54, 1.807) is 24.3 Å². The zero-order valence-corrected chi connectivity index (χ0v) is 16.1. The Balaban J connectivity index is 1.50. The number of nitrogens with one attached hydrogen (secondary N) is 1. The maximum atomic E-state index is 12.3. The van der Waals surface area contributed by atoms with Crippen LogP contribution in [0.3, 0.4) is 0 Å². The van der Waals surface area contributed by atoms with Gasteiger partial charge in [-0.25, -0.2) is 4.79 Å². The average Bonchev–Trinajstić information content (AvgIpc) is 3.31. The number of carbonyl (C=O) groups excluding carboxylic acids is 1. The van der Waals surface area contributed by atoms with Crippen LogP contribution in [-0.4, -0.2) is 32.6 Å². The maximum absolute atomic E-state index is 12.3. The largest absolute Gasteiger partial charge is 0.495 e. The Bertz CT molecular complexity index is 1340. The number of oxazole rings is 1. The first-order valence-corrected chi connectivity index (χ1v) is 8.96. The number of nitro benzene ring substituents is 1. The topological polar surface area (TPSA) is 156 Å². The van der Waals surface area contributed by atoms with Gasteiger partial charge in [-0.15, -0.1) is 0 Å². The minimum Gasteiger partial charge on any atom is -0.495 e. The monoisotopic (exact) mass is 425 g/mol. The Hall–Kier alpha value is -4.48. The molecule has 0 spiro atoms. The van der Waals surface area contributed by atoms with Crippen LogP contribution in [-0.2, 0) is 17.8 Å². The number of hydrogen-bond donors (Lipinski definition) is 1. The van der Waals surface area contributed by atoms with Crippen molar-refractivity contribution in [3.05, 3.63) is 74.8 Å². The zero-order valence-electron chi connectivity index (χ0n) is 16.1. The number of rotatable bonds is 7. The van der Waals surface area contributed by atoms with Crippen molar-refractivity contribution in [3.8, 4) is 5.75 Å². The van der Waals surface area contributed by atoms with Crippen molar-refractivity contribution in [3.63, 3.8) is 0 Å². The fourth-order valence-electron chi connectivity index (χ4n) is 2.96. The Morgan fingerprint density at radius 1 is 1.29 bits per heavy atom. The first-order chi connectivity index (χ1) is 14.9. The van der Waals surface area contributed by atoms with Crippen LogP contribution >= 0.6 is 0 Å². The van der Waals surface area contributed by atoms with Gasteiger partial charge in [-0.05, 0) is 18.2 Å². The molecule has 0 saturated carbocycles. The number of methoxy groups -OCH3 is 1. The van der Waals surface area contributed by atoms with Crippen molar-refractivity contribution in [1.82, 2.24) is 14.7 Å². The van der Waals surface area contributed by atoms with Crippen LogP contribution in [0.4, 0.5) is 11.4 Å². The molecule has 0 aliphatic rings. The standard InChI is InChI=1S/C19H15N5O7/c1-29-14-5-3-2-4-12(14)20-17(25)9-16-21-18(31-22-16)10-23-13-8-11(24(27)28)6-7-15(13)30-19(23)26/h2-8H,9-10H2,1H3,(H,20,25). The summed E-state index contributed by atoms with van der Waals surface area (Å²) in [6, 6.07) is 10.7. The third kappa shape index (κ3) is 4.12. The van der Waals surface area contributed by atoms with E-state index < -0.39 is 16.6 Å². The van der Waals surface area contributed by atoms with Crippen molar-refractivity contribution in [1.29, 1.82) is 0 Å². The number of aromatic nitrogens is 3. The van der Waals surface area contributed by atoms with E-state index in [0.29, 0.717) is 11.4 Å². The quantitative estimate of drug-likeness (QED) is 0.346. The molecule has 12 heteroatoms. The summed E-state index contributed by atoms with van der Waals surface area (Å²) in [6.07, 6.45) is -0.173. The minimum absolute atomic E-state index is 0.0383. The van der Waals surface area contributed by atoms with Crippen molar-refractivity contribution in [2.75, 3.05) is 12.4 Å². The summed E-state index contributed by atoms with van der Waals surface area (Å²) in [5.41, 5.74) is 0.706. The molecule has 0 atom stereocenters. The van der Waals surface area contributed by atoms with E-state index in [1.807, 2.05) is 0 Å². The van der Waals surface area contributed by atoms with Gasteiger partial charge in [0.15, 0.2) is 11.4 Å². The van der Waals surface area contributed by atoms with Gasteiger partial charge in [-0.3, -0.25) is 19.5 Å². The molecular weight excluding hydrogens is 410 g/mol. The number of nitro groups is 1. The molecule has 4 aromatic rings. The molecule has 2 aromatic carbocycles. The lowest BCUT2D eigenvalue weighted by Gasteiger charge is -2.08. The summed E-state index contributed by atoms with van der Waals surface area (Å²) in [5.74, 6) is -0.474. The summed E-state index contributed by atoms with van der Waals surface area (Å²) in [4.78, 5) is 38.9. The summed E-state index contributed by atoms with van der Waals surface area (Å²) < 4.78 is 16.5. The van der Waals surface area contributed by atoms with Crippen molar-refractivity contribution < 1.29 is 23.4 Å². The highest BCUT2D eigenvalue weighted by Crippen LogP contribution is 2.23. The summed E-state index contributed by atoms with van der Waals surface area (Å²) in [7, 11) is 1.49. The van der Waals surface area contributed by atoms with Gasteiger partial charge in [0.2, 0.25) is 11.8 Å². The third-order valence-corrected chi connectivity index (χ3v) is 4.37. The highest BCUT2D eigenvalue weighted by atomic mass is 16.6. The number of benzene rings is 2. The molecule has 1 amide bonds. The molecule has 0 aliphatic heterocycles. The third-order valence-electron chi connectivity index (χ3n) is 4.37. The molecule has 1 N–H and O–H groups in total. The first-order valence-electron chi connectivity index (χ1n) is 8.96. The van der Waals surface area contributed by atoms with E-state index in [0.717, 1.165) is 4.57 Å². The molecule has 0 bridgehead atoms. The predicted octanol–water partition coefficient (Wildman–Crippen LogP) is 2.12. The van der Waals surface area contributed by atoms with Crippen LogP contribution in [0.15, 0.2) is 56.2 Å². The highest BCUT2D eigenvalue weighted by Gasteiger charge is 2.18. The number of amides is 1. The van der Waals surface area contributed by atoms with E-state index in [2.05, 4.69) is 15.5 Å². The first kappa shape index (κ1) is 19.8. The molecule has 12 nitrogen and oxygen atoms in total. The molecule has 0 saturated heterocycles. The lowest BCUT2D eigenvalue weighted by atomic mass is 10.2. The van der Waals surface area contributed by atoms with Crippen molar-refractivity contribution in [2.24, 2.45) is 0 Å². The number of para-hydroxylation sites is 2. The number of hydrogen-bond acceptors (Lipinski definition) is 9. The lowest BCUT2D eigenvalue weighted by molar-refractivity contribution is -0.384. The van der Waals surface area contributed by atoms with Gasteiger partial charge in [-0.2, -0.15) is 4.98 Å². The van der Waals surface area contributed by atoms with Crippen LogP contribution in [0.2, 0.25) is 0 Å². The van der Waals surface area contributed by atoms with Gasteiger partial charge < -0.3 is 19.0 Å². The summed E-state index contributed by atoms with van der Waals surface area (Å²) in [6.45, 7) is -0.172. The lowest BCUT2D eigenvalue weighted by Crippen LogP contribution is -2.16. The van der Waals surface area contributed by atoms with Gasteiger partial charge in [0.05, 0.1) is 29.7 Å². The molecule has 0 unspecified atom stereocenters. The minimum atomic E-state index is -0.732. The fourth-order valence-corrected chi connectivity index (χ4v) is 2.96. The number of non-ortho nitro benzene ring substituents is 1. The van der Waals surface area contributed by atoms with E-state index >= 15 is 0 Å². The van der Waals surface area contributed by atoms with Crippen LogP contribution in [0.1, 0.15) is 11.7 Å². The van der Waals surface area contributed by atoms with Gasteiger partial charge in [0.1, 0.15) is 12.3 Å². The number of ether oxygens (including phenoxy) is 1. The van der Waals surface area contributed by atoms with Crippen molar-refractivity contribution >= 4 is 28.4 Å². The molecule has 0 fully saturated rings. The van der Waals surface area contributed by atoms with E-state index in [1.165, 1.54) is 25.3 Å². The Kier molecular flexibility index (Phi) is 5.18. The number of anilines is 1. The molecule has 31 heavy (non-hydrogen) atoms. The van der Waals surface area contributed by atoms with Gasteiger partial charge >= 0.3 is 5.76 Å². The number of carbonyl (C=O) groups is 1. The SMILES string of the molecule is COc1ccccc1NC(=O)Cc1noc(Cn2c(=O)oc3ccc([N+](=O)[O-])cc32)n1. The normalized spacial score (nSPS) is 10.9. The molecule has 2 heterocycles. The number of nitrogens with zero attached hydrogens (tertiary/aromatic N) is 4. The Morgan fingerprint density at radius 3 is 2.87 bits per heavy atom. The Morgan fingerprint density at radius 2 is 2.10 bits per heavy atom. The predicted molar refractivity (Wildman–Crippen MR) is 106 cm³/mol. The van der Waals surface area contributed by atoms with Crippen LogP contribution < -0.4 is 15.8 Å². The molecular formula is C19H15N5O7. The van der Waals surface area contributed by atoms with Gasteiger partial charge in [0.25, 0.3) is 5.69 Å². The highest BCUT2D eigenvalue weighted by molar-refractivity contribution is 5.93. The van der Waals surface area contributed by atoms with E-state index in [9.17, 15) is 19.7 Å². The fraction of sp³-hybridized carbons (Fsp3) is 0.158. The maximum Gasteiger partial charge on any atom is 0.420 e. The zero-order chi connectivity index (χ0) is 22.0. The van der Waals surface area contributed by atoms with Gasteiger partial charge in [-0.1, -0.05) is 17.3 Å². The smallest absolute Gasteiger partial charge is 0.420 e. The van der Waals surface area contributed by atoms with Crippen LogP contribution in [0.25, 0.3) is 11.1 Å². The summed E-state index contributed by atoms with van der Waals surface area (Å²) >= 11 is 0. The molecule has 2 aromatic heterocycles. The molecule has 0 radical (unpaired) electrons. The molecule has 0 aliphatic carbocycles. The van der Waals surface area contributed by atoms with Crippen LogP contribution in [0, 0.1) is 10.1 Å². The second kappa shape index (κ2) is 8.10. The average molecular weight is 425 g/mol. The molecule has 4 rings (SSSR count).